The summed E-state index contributed by atoms with van der Waals surface area (Å²) >= 11 is 0. The Morgan fingerprint density at radius 2 is 2.00 bits per heavy atom. The number of fused-ring (bicyclic) bond motifs is 5. The van der Waals surface area contributed by atoms with E-state index in [1.54, 1.807) is 18.3 Å². The van der Waals surface area contributed by atoms with Crippen molar-refractivity contribution in [3.8, 4) is 11.3 Å². The van der Waals surface area contributed by atoms with E-state index in [9.17, 15) is 9.90 Å². The lowest BCUT2D eigenvalue weighted by molar-refractivity contribution is -0.00689. The summed E-state index contributed by atoms with van der Waals surface area (Å²) in [6, 6.07) is 21.4. The molecule has 0 saturated heterocycles. The van der Waals surface area contributed by atoms with E-state index in [0.29, 0.717) is 13.2 Å². The van der Waals surface area contributed by atoms with Crippen molar-refractivity contribution in [2.45, 2.75) is 19.4 Å². The van der Waals surface area contributed by atoms with E-state index in [-0.39, 0.29) is 11.8 Å². The van der Waals surface area contributed by atoms with Crippen molar-refractivity contribution in [3.63, 3.8) is 0 Å². The van der Waals surface area contributed by atoms with E-state index in [1.165, 1.54) is 5.56 Å². The fourth-order valence-corrected chi connectivity index (χ4v) is 4.02. The zero-order valence-corrected chi connectivity index (χ0v) is 16.3. The minimum atomic E-state index is -0.942. The Labute approximate surface area is 173 Å². The predicted molar refractivity (Wildman–Crippen MR) is 114 cm³/mol. The quantitative estimate of drug-likeness (QED) is 0.537. The van der Waals surface area contributed by atoms with Crippen molar-refractivity contribution in [2.24, 2.45) is 0 Å². The standard InChI is InChI=1S/C24H21N3O3/c28-24(29)17-9-8-16-11-22-20-7-2-1-5-18(20)13-25-14-23(27(22)21(16)12-17)30-15-19-6-3-4-10-26-19/h1-12,23,25H,13-15H2,(H,28,29). The van der Waals surface area contributed by atoms with Gasteiger partial charge in [-0.2, -0.15) is 0 Å². The van der Waals surface area contributed by atoms with Crippen LogP contribution in [-0.4, -0.2) is 27.2 Å². The molecule has 1 aliphatic heterocycles. The molecule has 2 aromatic heterocycles. The van der Waals surface area contributed by atoms with Gasteiger partial charge in [0.1, 0.15) is 6.23 Å². The van der Waals surface area contributed by atoms with Gasteiger partial charge in [0.05, 0.1) is 29.1 Å². The molecule has 0 radical (unpaired) electrons. The maximum Gasteiger partial charge on any atom is 0.335 e. The van der Waals surface area contributed by atoms with Crippen LogP contribution in [0.3, 0.4) is 0 Å². The van der Waals surface area contributed by atoms with Crippen molar-refractivity contribution in [1.29, 1.82) is 0 Å². The van der Waals surface area contributed by atoms with Crippen LogP contribution in [0.4, 0.5) is 0 Å². The van der Waals surface area contributed by atoms with Gasteiger partial charge in [0.15, 0.2) is 0 Å². The van der Waals surface area contributed by atoms with Crippen molar-refractivity contribution in [3.05, 3.63) is 89.7 Å². The molecule has 1 atom stereocenters. The Balaban J connectivity index is 1.66. The number of aromatic nitrogens is 2. The van der Waals surface area contributed by atoms with Crippen LogP contribution < -0.4 is 5.32 Å². The highest BCUT2D eigenvalue weighted by molar-refractivity contribution is 5.95. The fraction of sp³-hybridized carbons (Fsp3) is 0.167. The second kappa shape index (κ2) is 7.74. The van der Waals surface area contributed by atoms with Crippen LogP contribution in [0.1, 0.15) is 27.8 Å². The number of pyridine rings is 1. The van der Waals surface area contributed by atoms with E-state index in [1.807, 2.05) is 36.4 Å². The van der Waals surface area contributed by atoms with Crippen molar-refractivity contribution in [2.75, 3.05) is 6.54 Å². The molecule has 2 aromatic carbocycles. The van der Waals surface area contributed by atoms with Gasteiger partial charge in [0, 0.05) is 30.2 Å². The molecule has 0 spiro atoms. The Kier molecular flexibility index (Phi) is 4.78. The zero-order chi connectivity index (χ0) is 20.5. The van der Waals surface area contributed by atoms with E-state index in [4.69, 9.17) is 4.74 Å². The van der Waals surface area contributed by atoms with Gasteiger partial charge in [-0.3, -0.25) is 4.98 Å². The number of nitrogens with one attached hydrogen (secondary N) is 1. The molecule has 1 unspecified atom stereocenters. The monoisotopic (exact) mass is 399 g/mol. The fourth-order valence-electron chi connectivity index (χ4n) is 4.02. The largest absolute Gasteiger partial charge is 0.478 e. The molecule has 0 bridgehead atoms. The lowest BCUT2D eigenvalue weighted by atomic mass is 10.0. The summed E-state index contributed by atoms with van der Waals surface area (Å²) in [7, 11) is 0. The molecule has 3 heterocycles. The number of carboxylic acids is 1. The smallest absolute Gasteiger partial charge is 0.335 e. The molecule has 6 nitrogen and oxygen atoms in total. The zero-order valence-electron chi connectivity index (χ0n) is 16.3. The minimum absolute atomic E-state index is 0.259. The van der Waals surface area contributed by atoms with E-state index >= 15 is 0 Å². The highest BCUT2D eigenvalue weighted by Crippen LogP contribution is 2.35. The SMILES string of the molecule is O=C(O)c1ccc2cc3n(c2c1)C(OCc1ccccn1)CNCc1ccccc1-3. The number of aromatic carboxylic acids is 1. The average molecular weight is 399 g/mol. The summed E-state index contributed by atoms with van der Waals surface area (Å²) in [6.07, 6.45) is 1.44. The van der Waals surface area contributed by atoms with Gasteiger partial charge in [0.25, 0.3) is 0 Å². The lowest BCUT2D eigenvalue weighted by Crippen LogP contribution is -2.29. The van der Waals surface area contributed by atoms with Crippen molar-refractivity contribution >= 4 is 16.9 Å². The number of rotatable bonds is 4. The molecular formula is C24H21N3O3. The van der Waals surface area contributed by atoms with Gasteiger partial charge in [-0.15, -0.1) is 0 Å². The second-order valence-corrected chi connectivity index (χ2v) is 7.35. The normalized spacial score (nSPS) is 15.8. The molecule has 4 aromatic rings. The first kappa shape index (κ1) is 18.5. The number of hydrogen-bond donors (Lipinski definition) is 2. The second-order valence-electron chi connectivity index (χ2n) is 7.35. The third-order valence-electron chi connectivity index (χ3n) is 5.45. The average Bonchev–Trinajstić information content (AvgIpc) is 3.13. The van der Waals surface area contributed by atoms with Gasteiger partial charge in [-0.05, 0) is 35.9 Å². The van der Waals surface area contributed by atoms with Gasteiger partial charge in [-0.25, -0.2) is 4.79 Å². The van der Waals surface area contributed by atoms with Crippen LogP contribution in [0.2, 0.25) is 0 Å². The first-order valence-corrected chi connectivity index (χ1v) is 9.89. The number of hydrogen-bond acceptors (Lipinski definition) is 4. The number of benzene rings is 2. The lowest BCUT2D eigenvalue weighted by Gasteiger charge is -2.27. The molecule has 2 N–H and O–H groups in total. The van der Waals surface area contributed by atoms with E-state index in [0.717, 1.165) is 34.4 Å². The molecule has 6 heteroatoms. The summed E-state index contributed by atoms with van der Waals surface area (Å²) in [5.74, 6) is -0.942. The predicted octanol–water partition coefficient (Wildman–Crippen LogP) is 4.22. The molecule has 30 heavy (non-hydrogen) atoms. The molecule has 0 saturated carbocycles. The number of ether oxygens (including phenoxy) is 1. The maximum atomic E-state index is 11.6. The summed E-state index contributed by atoms with van der Waals surface area (Å²) in [4.78, 5) is 15.9. The molecule has 150 valence electrons. The molecule has 0 fully saturated rings. The van der Waals surface area contributed by atoms with Gasteiger partial charge in [0.2, 0.25) is 0 Å². The van der Waals surface area contributed by atoms with Gasteiger partial charge >= 0.3 is 5.97 Å². The number of nitrogens with zero attached hydrogens (tertiary/aromatic N) is 2. The highest BCUT2D eigenvalue weighted by Gasteiger charge is 2.24. The Morgan fingerprint density at radius 1 is 1.13 bits per heavy atom. The van der Waals surface area contributed by atoms with E-state index < -0.39 is 5.97 Å². The summed E-state index contributed by atoms with van der Waals surface area (Å²) < 4.78 is 8.41. The minimum Gasteiger partial charge on any atom is -0.478 e. The summed E-state index contributed by atoms with van der Waals surface area (Å²) in [5.41, 5.74) is 5.29. The molecule has 0 aliphatic carbocycles. The van der Waals surface area contributed by atoms with Crippen LogP contribution in [-0.2, 0) is 17.9 Å². The van der Waals surface area contributed by atoms with Gasteiger partial charge in [-0.1, -0.05) is 36.4 Å². The van der Waals surface area contributed by atoms with E-state index in [2.05, 4.69) is 33.1 Å². The Bertz CT molecular complexity index is 1220. The van der Waals surface area contributed by atoms with Crippen LogP contribution in [0.25, 0.3) is 22.2 Å². The third-order valence-corrected chi connectivity index (χ3v) is 5.45. The van der Waals surface area contributed by atoms with Crippen molar-refractivity contribution in [1.82, 2.24) is 14.9 Å². The van der Waals surface area contributed by atoms with Crippen LogP contribution in [0.5, 0.6) is 0 Å². The highest BCUT2D eigenvalue weighted by atomic mass is 16.5. The van der Waals surface area contributed by atoms with Crippen LogP contribution >= 0.6 is 0 Å². The topological polar surface area (TPSA) is 76.4 Å². The Morgan fingerprint density at radius 3 is 2.83 bits per heavy atom. The Hall–Kier alpha value is -3.48. The molecule has 1 aliphatic rings. The molecule has 0 amide bonds. The third kappa shape index (κ3) is 3.36. The summed E-state index contributed by atoms with van der Waals surface area (Å²) in [5, 5.41) is 14.0. The summed E-state index contributed by atoms with van der Waals surface area (Å²) in [6.45, 7) is 1.70. The first-order valence-electron chi connectivity index (χ1n) is 9.89. The van der Waals surface area contributed by atoms with Crippen molar-refractivity contribution < 1.29 is 14.6 Å². The molecular weight excluding hydrogens is 378 g/mol. The maximum absolute atomic E-state index is 11.6. The van der Waals surface area contributed by atoms with Crippen LogP contribution in [0.15, 0.2) is 72.9 Å². The van der Waals surface area contributed by atoms with Crippen LogP contribution in [0, 0.1) is 0 Å². The first-order chi connectivity index (χ1) is 14.7. The molecule has 5 rings (SSSR count). The van der Waals surface area contributed by atoms with Gasteiger partial charge < -0.3 is 19.7 Å². The number of carboxylic acid groups (broad SMARTS) is 1. The number of carbonyl (C=O) groups is 1.